The number of ether oxygens (including phenoxy) is 3. The minimum atomic E-state index is 0.0775. The monoisotopic (exact) mass is 399 g/mol. The topological polar surface area (TPSA) is 30.9 Å². The van der Waals surface area contributed by atoms with Crippen LogP contribution in [0.3, 0.4) is 0 Å². The summed E-state index contributed by atoms with van der Waals surface area (Å²) < 4.78 is 18.9. The number of methoxy groups -OCH3 is 2. The van der Waals surface area contributed by atoms with E-state index in [1.54, 1.807) is 7.11 Å². The van der Waals surface area contributed by atoms with Crippen LogP contribution < -0.4 is 9.47 Å². The fraction of sp³-hybridized carbons (Fsp3) is 0.760. The fourth-order valence-corrected chi connectivity index (χ4v) is 7.71. The Morgan fingerprint density at radius 2 is 2.07 bits per heavy atom. The van der Waals surface area contributed by atoms with Crippen LogP contribution in [0.5, 0.6) is 11.5 Å². The summed E-state index contributed by atoms with van der Waals surface area (Å²) in [6.07, 6.45) is 6.17. The lowest BCUT2D eigenvalue weighted by Crippen LogP contribution is -2.69. The first-order chi connectivity index (χ1) is 13.9. The van der Waals surface area contributed by atoms with Crippen LogP contribution in [0.2, 0.25) is 0 Å². The van der Waals surface area contributed by atoms with Crippen molar-refractivity contribution in [2.45, 2.75) is 76.5 Å². The Hall–Kier alpha value is -1.26. The van der Waals surface area contributed by atoms with Crippen molar-refractivity contribution >= 4 is 0 Å². The normalized spacial score (nSPS) is 37.8. The summed E-state index contributed by atoms with van der Waals surface area (Å²) in [6, 6.07) is 5.00. The number of likely N-dealkylation sites (tertiary alicyclic amines) is 1. The molecule has 1 aromatic carbocycles. The first-order valence-corrected chi connectivity index (χ1v) is 11.5. The molecule has 1 spiro atoms. The third-order valence-electron chi connectivity index (χ3n) is 9.02. The highest BCUT2D eigenvalue weighted by Gasteiger charge is 2.68. The van der Waals surface area contributed by atoms with E-state index in [0.717, 1.165) is 30.9 Å². The number of benzene rings is 1. The van der Waals surface area contributed by atoms with Gasteiger partial charge in [0.15, 0.2) is 11.5 Å². The molecule has 29 heavy (non-hydrogen) atoms. The van der Waals surface area contributed by atoms with Crippen LogP contribution in [-0.2, 0) is 16.6 Å². The molecule has 0 radical (unpaired) electrons. The van der Waals surface area contributed by atoms with E-state index >= 15 is 0 Å². The Bertz CT molecular complexity index is 806. The summed E-state index contributed by atoms with van der Waals surface area (Å²) in [5.41, 5.74) is 3.25. The highest BCUT2D eigenvalue weighted by atomic mass is 16.6. The number of hydrogen-bond acceptors (Lipinski definition) is 4. The van der Waals surface area contributed by atoms with Gasteiger partial charge in [0.25, 0.3) is 0 Å². The molecule has 6 atom stereocenters. The van der Waals surface area contributed by atoms with Crippen molar-refractivity contribution in [3.8, 4) is 11.5 Å². The van der Waals surface area contributed by atoms with Gasteiger partial charge in [-0.3, -0.25) is 0 Å². The molecule has 2 fully saturated rings. The Morgan fingerprint density at radius 1 is 1.28 bits per heavy atom. The average Bonchev–Trinajstić information content (AvgIpc) is 3.04. The van der Waals surface area contributed by atoms with E-state index in [4.69, 9.17) is 14.2 Å². The third-order valence-corrected chi connectivity index (χ3v) is 9.02. The predicted molar refractivity (Wildman–Crippen MR) is 115 cm³/mol. The third kappa shape index (κ3) is 2.45. The second-order valence-electron chi connectivity index (χ2n) is 10.6. The first-order valence-electron chi connectivity index (χ1n) is 11.5. The van der Waals surface area contributed by atoms with Crippen LogP contribution in [-0.4, -0.2) is 51.0 Å². The molecule has 0 N–H and O–H groups in total. The minimum Gasteiger partial charge on any atom is -0.493 e. The maximum absolute atomic E-state index is 6.87. The zero-order valence-corrected chi connectivity index (χ0v) is 19.0. The second kappa shape index (κ2) is 6.62. The van der Waals surface area contributed by atoms with Gasteiger partial charge in [0.05, 0.1) is 13.2 Å². The van der Waals surface area contributed by atoms with Crippen LogP contribution in [0.15, 0.2) is 12.1 Å². The lowest BCUT2D eigenvalue weighted by Gasteiger charge is -2.62. The van der Waals surface area contributed by atoms with E-state index < -0.39 is 0 Å². The maximum Gasteiger partial charge on any atom is 0.165 e. The van der Waals surface area contributed by atoms with Gasteiger partial charge in [-0.15, -0.1) is 0 Å². The highest BCUT2D eigenvalue weighted by molar-refractivity contribution is 5.61. The van der Waals surface area contributed by atoms with E-state index in [1.165, 1.54) is 30.4 Å². The molecule has 5 rings (SSSR count). The van der Waals surface area contributed by atoms with Gasteiger partial charge in [0.1, 0.15) is 6.10 Å². The second-order valence-corrected chi connectivity index (χ2v) is 10.6. The summed E-state index contributed by atoms with van der Waals surface area (Å²) in [5, 5.41) is 0. The molecule has 0 aromatic heterocycles. The zero-order valence-electron chi connectivity index (χ0n) is 19.0. The molecule has 1 saturated heterocycles. The number of piperidine rings is 1. The van der Waals surface area contributed by atoms with E-state index in [2.05, 4.69) is 44.9 Å². The number of likely N-dealkylation sites (N-methyl/N-ethyl adjacent to an activating group) is 1. The molecule has 0 amide bonds. The quantitative estimate of drug-likeness (QED) is 0.733. The van der Waals surface area contributed by atoms with Gasteiger partial charge in [0.2, 0.25) is 0 Å². The van der Waals surface area contributed by atoms with Gasteiger partial charge >= 0.3 is 0 Å². The molecule has 160 valence electrons. The van der Waals surface area contributed by atoms with E-state index in [1.807, 2.05) is 7.11 Å². The minimum absolute atomic E-state index is 0.0775. The molecule has 4 heteroatoms. The van der Waals surface area contributed by atoms with Crippen molar-refractivity contribution in [2.24, 2.45) is 17.3 Å². The molecule has 4 aliphatic rings. The number of rotatable bonds is 5. The average molecular weight is 400 g/mol. The lowest BCUT2D eigenvalue weighted by atomic mass is 9.47. The van der Waals surface area contributed by atoms with Crippen LogP contribution >= 0.6 is 0 Å². The summed E-state index contributed by atoms with van der Waals surface area (Å²) in [5.74, 6) is 3.04. The van der Waals surface area contributed by atoms with Gasteiger partial charge in [-0.1, -0.05) is 33.3 Å². The van der Waals surface area contributed by atoms with Gasteiger partial charge in [-0.2, -0.15) is 0 Å². The molecule has 2 heterocycles. The van der Waals surface area contributed by atoms with Crippen molar-refractivity contribution in [2.75, 3.05) is 27.8 Å². The molecule has 1 saturated carbocycles. The maximum atomic E-state index is 6.87. The van der Waals surface area contributed by atoms with Crippen LogP contribution in [0, 0.1) is 17.3 Å². The van der Waals surface area contributed by atoms with E-state index in [9.17, 15) is 0 Å². The SMILES string of the molecule is CCCC(C)(C)[C@H]1CC2[C@H]3Cc4ccc(OC)c5c4[C@@]2(CCN3C)[C@@H](O5)C1OC. The first kappa shape index (κ1) is 19.7. The van der Waals surface area contributed by atoms with E-state index in [-0.39, 0.29) is 23.0 Å². The molecule has 4 nitrogen and oxygen atoms in total. The van der Waals surface area contributed by atoms with Crippen molar-refractivity contribution in [1.29, 1.82) is 0 Å². The largest absolute Gasteiger partial charge is 0.493 e. The molecule has 2 unspecified atom stereocenters. The molecule has 1 aromatic rings. The molecular weight excluding hydrogens is 362 g/mol. The summed E-state index contributed by atoms with van der Waals surface area (Å²) in [7, 11) is 5.99. The summed E-state index contributed by atoms with van der Waals surface area (Å²) in [6.45, 7) is 8.33. The van der Waals surface area contributed by atoms with Crippen molar-refractivity contribution in [3.05, 3.63) is 23.3 Å². The van der Waals surface area contributed by atoms with Crippen molar-refractivity contribution in [1.82, 2.24) is 4.90 Å². The van der Waals surface area contributed by atoms with E-state index in [0.29, 0.717) is 17.9 Å². The van der Waals surface area contributed by atoms with Crippen LogP contribution in [0.25, 0.3) is 0 Å². The van der Waals surface area contributed by atoms with Gasteiger partial charge < -0.3 is 19.1 Å². The molecule has 2 aliphatic heterocycles. The Labute approximate surface area is 175 Å². The van der Waals surface area contributed by atoms with Crippen LogP contribution in [0.4, 0.5) is 0 Å². The zero-order chi connectivity index (χ0) is 20.6. The summed E-state index contributed by atoms with van der Waals surface area (Å²) in [4.78, 5) is 2.62. The predicted octanol–water partition coefficient (Wildman–Crippen LogP) is 4.43. The van der Waals surface area contributed by atoms with Crippen molar-refractivity contribution in [3.63, 3.8) is 0 Å². The van der Waals surface area contributed by atoms with Gasteiger partial charge in [0, 0.05) is 24.1 Å². The fourth-order valence-electron chi connectivity index (χ4n) is 7.71. The highest BCUT2D eigenvalue weighted by Crippen LogP contribution is 2.66. The van der Waals surface area contributed by atoms with Gasteiger partial charge in [-0.05, 0) is 68.2 Å². The molecule has 2 aliphatic carbocycles. The Morgan fingerprint density at radius 3 is 2.76 bits per heavy atom. The molecular formula is C25H37NO3. The lowest BCUT2D eigenvalue weighted by molar-refractivity contribution is -0.161. The van der Waals surface area contributed by atoms with Crippen molar-refractivity contribution < 1.29 is 14.2 Å². The number of hydrogen-bond donors (Lipinski definition) is 0. The number of nitrogens with zero attached hydrogens (tertiary/aromatic N) is 1. The molecule has 2 bridgehead atoms. The smallest absolute Gasteiger partial charge is 0.165 e. The Balaban J connectivity index is 1.69. The van der Waals surface area contributed by atoms with Gasteiger partial charge in [-0.25, -0.2) is 0 Å². The Kier molecular flexibility index (Phi) is 4.49. The standard InChI is InChI=1S/C25H37NO3/c1-7-10-24(2,3)17-14-16-18-13-15-8-9-19(27-5)22-20(15)25(16,11-12-26(18)4)23(29-22)21(17)28-6/h8-9,16-18,21,23H,7,10-14H2,1-6H3/t16?,17-,18+,21?,23-,25-/m0/s1. The summed E-state index contributed by atoms with van der Waals surface area (Å²) >= 11 is 0. The van der Waals surface area contributed by atoms with Crippen LogP contribution in [0.1, 0.15) is 57.6 Å².